The van der Waals surface area contributed by atoms with Crippen LogP contribution >= 0.6 is 11.3 Å². The molecule has 0 fully saturated rings. The van der Waals surface area contributed by atoms with Crippen LogP contribution in [0.4, 0.5) is 0 Å². The van der Waals surface area contributed by atoms with E-state index in [1.165, 1.54) is 11.1 Å². The van der Waals surface area contributed by atoms with Crippen LogP contribution in [-0.2, 0) is 17.7 Å². The smallest absolute Gasteiger partial charge is 0.161 e. The van der Waals surface area contributed by atoms with E-state index in [2.05, 4.69) is 35.4 Å². The lowest BCUT2D eigenvalue weighted by molar-refractivity contribution is 0.144. The SMILES string of the molecule is COCCOc1ccc(CN2CCc3sccc3C2C)cc1OC. The predicted molar refractivity (Wildman–Crippen MR) is 97.2 cm³/mol. The summed E-state index contributed by atoms with van der Waals surface area (Å²) < 4.78 is 16.2. The number of nitrogens with zero attached hydrogens (tertiary/aromatic N) is 1. The van der Waals surface area contributed by atoms with Gasteiger partial charge in [-0.25, -0.2) is 0 Å². The molecule has 1 aromatic carbocycles. The van der Waals surface area contributed by atoms with Gasteiger partial charge in [0.2, 0.25) is 0 Å². The maximum Gasteiger partial charge on any atom is 0.161 e. The molecule has 0 spiro atoms. The quantitative estimate of drug-likeness (QED) is 0.711. The first kappa shape index (κ1) is 17.3. The van der Waals surface area contributed by atoms with Gasteiger partial charge in [-0.1, -0.05) is 6.07 Å². The van der Waals surface area contributed by atoms with Gasteiger partial charge in [0.25, 0.3) is 0 Å². The Morgan fingerprint density at radius 1 is 1.17 bits per heavy atom. The predicted octanol–water partition coefficient (Wildman–Crippen LogP) is 3.90. The molecule has 0 amide bonds. The summed E-state index contributed by atoms with van der Waals surface area (Å²) >= 11 is 1.88. The number of hydrogen-bond donors (Lipinski definition) is 0. The summed E-state index contributed by atoms with van der Waals surface area (Å²) in [5, 5.41) is 2.21. The minimum Gasteiger partial charge on any atom is -0.493 e. The molecule has 2 heterocycles. The topological polar surface area (TPSA) is 30.9 Å². The van der Waals surface area contributed by atoms with Crippen molar-refractivity contribution in [1.29, 1.82) is 0 Å². The Morgan fingerprint density at radius 3 is 2.83 bits per heavy atom. The molecule has 5 heteroatoms. The Labute approximate surface area is 148 Å². The van der Waals surface area contributed by atoms with Crippen LogP contribution < -0.4 is 9.47 Å². The molecule has 24 heavy (non-hydrogen) atoms. The molecule has 0 aliphatic carbocycles. The summed E-state index contributed by atoms with van der Waals surface area (Å²) in [5.74, 6) is 1.55. The van der Waals surface area contributed by atoms with E-state index < -0.39 is 0 Å². The van der Waals surface area contributed by atoms with Gasteiger partial charge in [-0.05, 0) is 48.1 Å². The van der Waals surface area contributed by atoms with Crippen molar-refractivity contribution in [1.82, 2.24) is 4.90 Å². The standard InChI is InChI=1S/C19H25NO3S/c1-14-16-7-11-24-19(16)6-8-20(14)13-15-4-5-17(18(12-15)22-3)23-10-9-21-2/h4-5,7,11-12,14H,6,8-10,13H2,1-3H3. The molecule has 0 radical (unpaired) electrons. The van der Waals surface area contributed by atoms with Gasteiger partial charge >= 0.3 is 0 Å². The van der Waals surface area contributed by atoms with Gasteiger partial charge in [-0.3, -0.25) is 4.90 Å². The van der Waals surface area contributed by atoms with Crippen molar-refractivity contribution < 1.29 is 14.2 Å². The minimum atomic E-state index is 0.462. The Bertz CT molecular complexity index is 670. The fourth-order valence-electron chi connectivity index (χ4n) is 3.18. The van der Waals surface area contributed by atoms with Crippen molar-refractivity contribution in [2.75, 3.05) is 34.0 Å². The highest BCUT2D eigenvalue weighted by molar-refractivity contribution is 7.10. The molecule has 1 aliphatic rings. The summed E-state index contributed by atoms with van der Waals surface area (Å²) in [6.07, 6.45) is 1.15. The zero-order valence-electron chi connectivity index (χ0n) is 14.6. The monoisotopic (exact) mass is 347 g/mol. The number of methoxy groups -OCH3 is 2. The molecule has 1 aliphatic heterocycles. The van der Waals surface area contributed by atoms with Crippen molar-refractivity contribution in [3.05, 3.63) is 45.6 Å². The van der Waals surface area contributed by atoms with Gasteiger partial charge in [0.05, 0.1) is 13.7 Å². The molecule has 1 aromatic heterocycles. The van der Waals surface area contributed by atoms with Crippen LogP contribution in [0.2, 0.25) is 0 Å². The zero-order valence-corrected chi connectivity index (χ0v) is 15.4. The van der Waals surface area contributed by atoms with Gasteiger partial charge in [0.15, 0.2) is 11.5 Å². The Balaban J connectivity index is 1.69. The van der Waals surface area contributed by atoms with E-state index in [-0.39, 0.29) is 0 Å². The molecule has 2 aromatic rings. The Hall–Kier alpha value is -1.56. The fraction of sp³-hybridized carbons (Fsp3) is 0.474. The van der Waals surface area contributed by atoms with Crippen molar-refractivity contribution >= 4 is 11.3 Å². The Morgan fingerprint density at radius 2 is 2.04 bits per heavy atom. The highest BCUT2D eigenvalue weighted by Gasteiger charge is 2.24. The van der Waals surface area contributed by atoms with E-state index in [0.29, 0.717) is 19.3 Å². The van der Waals surface area contributed by atoms with E-state index >= 15 is 0 Å². The second kappa shape index (κ2) is 8.01. The Kier molecular flexibility index (Phi) is 5.76. The highest BCUT2D eigenvalue weighted by Crippen LogP contribution is 2.35. The van der Waals surface area contributed by atoms with Crippen LogP contribution in [0.5, 0.6) is 11.5 Å². The number of hydrogen-bond acceptors (Lipinski definition) is 5. The first-order valence-electron chi connectivity index (χ1n) is 8.32. The third-order valence-corrected chi connectivity index (χ3v) is 5.56. The molecule has 0 saturated heterocycles. The van der Waals surface area contributed by atoms with Crippen molar-refractivity contribution in [3.8, 4) is 11.5 Å². The fourth-order valence-corrected chi connectivity index (χ4v) is 4.14. The van der Waals surface area contributed by atoms with Crippen LogP contribution in [0.15, 0.2) is 29.6 Å². The van der Waals surface area contributed by atoms with Gasteiger partial charge in [-0.15, -0.1) is 11.3 Å². The molecule has 130 valence electrons. The molecule has 1 atom stereocenters. The normalized spacial score (nSPS) is 17.5. The molecule has 1 unspecified atom stereocenters. The molecule has 3 rings (SSSR count). The number of benzene rings is 1. The van der Waals surface area contributed by atoms with E-state index in [4.69, 9.17) is 14.2 Å². The molecule has 0 saturated carbocycles. The van der Waals surface area contributed by atoms with E-state index in [1.54, 1.807) is 19.1 Å². The summed E-state index contributed by atoms with van der Waals surface area (Å²) in [6, 6.07) is 8.93. The van der Waals surface area contributed by atoms with Crippen LogP contribution in [0.25, 0.3) is 0 Å². The van der Waals surface area contributed by atoms with E-state index in [1.807, 2.05) is 17.4 Å². The third-order valence-electron chi connectivity index (χ3n) is 4.56. The molecule has 0 bridgehead atoms. The first-order chi connectivity index (χ1) is 11.7. The van der Waals surface area contributed by atoms with Crippen LogP contribution in [0.1, 0.15) is 29.0 Å². The van der Waals surface area contributed by atoms with Crippen LogP contribution in [0.3, 0.4) is 0 Å². The first-order valence-corrected chi connectivity index (χ1v) is 9.20. The maximum absolute atomic E-state index is 5.71. The number of fused-ring (bicyclic) bond motifs is 1. The number of thiophene rings is 1. The van der Waals surface area contributed by atoms with E-state index in [9.17, 15) is 0 Å². The lowest BCUT2D eigenvalue weighted by Crippen LogP contribution is -2.32. The summed E-state index contributed by atoms with van der Waals surface area (Å²) in [4.78, 5) is 4.06. The summed E-state index contributed by atoms with van der Waals surface area (Å²) in [5.41, 5.74) is 2.73. The summed E-state index contributed by atoms with van der Waals surface area (Å²) in [6.45, 7) is 5.41. The second-order valence-corrected chi connectivity index (χ2v) is 7.02. The van der Waals surface area contributed by atoms with Crippen LogP contribution in [-0.4, -0.2) is 38.9 Å². The molecule has 4 nitrogen and oxygen atoms in total. The van der Waals surface area contributed by atoms with Crippen molar-refractivity contribution in [2.45, 2.75) is 25.9 Å². The lowest BCUT2D eigenvalue weighted by atomic mass is 10.0. The largest absolute Gasteiger partial charge is 0.493 e. The van der Waals surface area contributed by atoms with Crippen LogP contribution in [0, 0.1) is 0 Å². The third kappa shape index (κ3) is 3.74. The average Bonchev–Trinajstić information content (AvgIpc) is 3.08. The van der Waals surface area contributed by atoms with Gasteiger partial charge in [0.1, 0.15) is 6.61 Å². The van der Waals surface area contributed by atoms with E-state index in [0.717, 1.165) is 31.0 Å². The van der Waals surface area contributed by atoms with Gasteiger partial charge < -0.3 is 14.2 Å². The number of rotatable bonds is 7. The summed E-state index contributed by atoms with van der Waals surface area (Å²) in [7, 11) is 3.35. The maximum atomic E-state index is 5.71. The minimum absolute atomic E-state index is 0.462. The number of ether oxygens (including phenoxy) is 3. The molecular weight excluding hydrogens is 322 g/mol. The van der Waals surface area contributed by atoms with Crippen molar-refractivity contribution in [3.63, 3.8) is 0 Å². The van der Waals surface area contributed by atoms with Gasteiger partial charge in [0, 0.05) is 31.1 Å². The average molecular weight is 347 g/mol. The van der Waals surface area contributed by atoms with Crippen molar-refractivity contribution in [2.24, 2.45) is 0 Å². The molecule has 0 N–H and O–H groups in total. The second-order valence-electron chi connectivity index (χ2n) is 6.02. The lowest BCUT2D eigenvalue weighted by Gasteiger charge is -2.33. The molecular formula is C19H25NO3S. The van der Waals surface area contributed by atoms with Gasteiger partial charge in [-0.2, -0.15) is 0 Å². The zero-order chi connectivity index (χ0) is 16.9. The highest BCUT2D eigenvalue weighted by atomic mass is 32.1.